The summed E-state index contributed by atoms with van der Waals surface area (Å²) in [6, 6.07) is 4.05. The minimum absolute atomic E-state index is 0.170. The van der Waals surface area contributed by atoms with Crippen molar-refractivity contribution in [3.05, 3.63) is 84.9 Å². The monoisotopic (exact) mass is 494 g/mol. The Kier molecular flexibility index (Phi) is 6.41. The van der Waals surface area contributed by atoms with Crippen molar-refractivity contribution < 1.29 is 0 Å². The average molecular weight is 495 g/mol. The number of hydrogen-bond donors (Lipinski definition) is 3. The lowest BCUT2D eigenvalue weighted by molar-refractivity contribution is 0.256. The van der Waals surface area contributed by atoms with Crippen molar-refractivity contribution in [2.45, 2.75) is 26.8 Å². The van der Waals surface area contributed by atoms with Gasteiger partial charge in [-0.3, -0.25) is 5.10 Å². The molecule has 0 spiro atoms. The number of amidine groups is 1. The van der Waals surface area contributed by atoms with Gasteiger partial charge >= 0.3 is 0 Å². The van der Waals surface area contributed by atoms with E-state index in [0.717, 1.165) is 58.6 Å². The average Bonchev–Trinajstić information content (AvgIpc) is 3.59. The van der Waals surface area contributed by atoms with Crippen LogP contribution in [0.25, 0.3) is 33.9 Å². The maximum absolute atomic E-state index is 5.95. The van der Waals surface area contributed by atoms with Crippen LogP contribution in [0, 0.1) is 13.8 Å². The molecule has 4 aromatic rings. The highest BCUT2D eigenvalue weighted by Crippen LogP contribution is 2.28. The van der Waals surface area contributed by atoms with E-state index < -0.39 is 0 Å². The van der Waals surface area contributed by atoms with Gasteiger partial charge in [-0.2, -0.15) is 5.10 Å². The number of hydrogen-bond acceptors (Lipinski definition) is 6. The standard InChI is InChI=1S/C27H30N10/c1-6-9-22(37-12-16(4)29-15-37)24-17(5)30-27(33-24)26-25-21(34-35-26)11-10-20(32-25)19(7-2)31-23(8-3)36-13-18(28)14-36/h6-12,15,18H,1,3,13-14,28H2,2,4-5H3,(H,30,33)(H,34,35)/b19-7-,22-9+,31-23+. The third-order valence-electron chi connectivity index (χ3n) is 6.21. The normalized spacial score (nSPS) is 15.4. The molecule has 0 aliphatic carbocycles. The first-order valence-electron chi connectivity index (χ1n) is 12.1. The van der Waals surface area contributed by atoms with Crippen molar-refractivity contribution in [1.29, 1.82) is 0 Å². The van der Waals surface area contributed by atoms with Crippen LogP contribution < -0.4 is 5.73 Å². The van der Waals surface area contributed by atoms with Crippen molar-refractivity contribution in [2.24, 2.45) is 10.7 Å². The number of rotatable bonds is 7. The van der Waals surface area contributed by atoms with Gasteiger partial charge in [0.25, 0.3) is 0 Å². The Morgan fingerprint density at radius 1 is 1.22 bits per heavy atom. The minimum atomic E-state index is 0.170. The van der Waals surface area contributed by atoms with Crippen LogP contribution in [0.2, 0.25) is 0 Å². The van der Waals surface area contributed by atoms with Gasteiger partial charge in [-0.15, -0.1) is 0 Å². The molecule has 0 unspecified atom stereocenters. The molecule has 5 heterocycles. The van der Waals surface area contributed by atoms with Gasteiger partial charge < -0.3 is 20.2 Å². The molecule has 0 saturated carbocycles. The second kappa shape index (κ2) is 9.82. The van der Waals surface area contributed by atoms with E-state index in [9.17, 15) is 0 Å². The van der Waals surface area contributed by atoms with Crippen molar-refractivity contribution in [3.8, 4) is 11.5 Å². The van der Waals surface area contributed by atoms with Crippen molar-refractivity contribution in [3.63, 3.8) is 0 Å². The zero-order valence-electron chi connectivity index (χ0n) is 21.2. The van der Waals surface area contributed by atoms with Crippen LogP contribution in [-0.4, -0.2) is 64.6 Å². The van der Waals surface area contributed by atoms with E-state index in [1.54, 1.807) is 18.5 Å². The predicted octanol–water partition coefficient (Wildman–Crippen LogP) is 3.82. The Balaban J connectivity index is 1.53. The quantitative estimate of drug-likeness (QED) is 0.203. The molecular weight excluding hydrogens is 464 g/mol. The van der Waals surface area contributed by atoms with Gasteiger partial charge in [0.05, 0.1) is 34.6 Å². The second-order valence-corrected chi connectivity index (χ2v) is 8.95. The number of likely N-dealkylation sites (tertiary alicyclic amines) is 1. The maximum Gasteiger partial charge on any atom is 0.161 e. The zero-order valence-corrected chi connectivity index (χ0v) is 21.2. The van der Waals surface area contributed by atoms with Gasteiger partial charge in [0.2, 0.25) is 0 Å². The minimum Gasteiger partial charge on any atom is -0.353 e. The molecule has 0 bridgehead atoms. The van der Waals surface area contributed by atoms with Crippen molar-refractivity contribution in [1.82, 2.24) is 39.6 Å². The van der Waals surface area contributed by atoms with E-state index in [0.29, 0.717) is 17.0 Å². The van der Waals surface area contributed by atoms with Gasteiger partial charge in [0.1, 0.15) is 17.0 Å². The van der Waals surface area contributed by atoms with Crippen LogP contribution >= 0.6 is 0 Å². The van der Waals surface area contributed by atoms with E-state index in [4.69, 9.17) is 20.7 Å². The fourth-order valence-electron chi connectivity index (χ4n) is 4.32. The van der Waals surface area contributed by atoms with Crippen LogP contribution in [0.5, 0.6) is 0 Å². The molecule has 1 aliphatic rings. The summed E-state index contributed by atoms with van der Waals surface area (Å²) in [6.45, 7) is 15.2. The number of aryl methyl sites for hydroxylation is 2. The summed E-state index contributed by atoms with van der Waals surface area (Å²) >= 11 is 0. The molecule has 0 aromatic carbocycles. The summed E-state index contributed by atoms with van der Waals surface area (Å²) in [4.78, 5) is 24.5. The second-order valence-electron chi connectivity index (χ2n) is 8.95. The van der Waals surface area contributed by atoms with Crippen molar-refractivity contribution >= 4 is 28.3 Å². The number of aromatic nitrogens is 7. The predicted molar refractivity (Wildman–Crippen MR) is 148 cm³/mol. The molecule has 1 fully saturated rings. The van der Waals surface area contributed by atoms with Crippen LogP contribution in [0.4, 0.5) is 0 Å². The highest BCUT2D eigenvalue weighted by Gasteiger charge is 2.25. The highest BCUT2D eigenvalue weighted by atomic mass is 15.3. The van der Waals surface area contributed by atoms with Gasteiger partial charge in [-0.05, 0) is 45.1 Å². The lowest BCUT2D eigenvalue weighted by atomic mass is 10.1. The van der Waals surface area contributed by atoms with E-state index in [1.807, 2.05) is 55.8 Å². The SMILES string of the molecule is C=C/C=C(\c1nc(-c2n[nH]c3ccc(C(=C/C)/N=C(\C=C)N4CC(N)C4)nc23)[nH]c1C)n1cnc(C)c1. The summed E-state index contributed by atoms with van der Waals surface area (Å²) in [5.41, 5.74) is 13.0. The number of aliphatic imine (C=N–C) groups is 1. The molecule has 0 radical (unpaired) electrons. The summed E-state index contributed by atoms with van der Waals surface area (Å²) in [7, 11) is 0. The van der Waals surface area contributed by atoms with E-state index in [-0.39, 0.29) is 6.04 Å². The molecular formula is C27H30N10. The van der Waals surface area contributed by atoms with Gasteiger partial charge in [-0.25, -0.2) is 19.9 Å². The van der Waals surface area contributed by atoms with E-state index >= 15 is 0 Å². The number of imidazole rings is 2. The molecule has 4 N–H and O–H groups in total. The molecule has 0 atom stereocenters. The first kappa shape index (κ1) is 24.1. The van der Waals surface area contributed by atoms with Gasteiger partial charge in [0.15, 0.2) is 11.5 Å². The highest BCUT2D eigenvalue weighted by molar-refractivity contribution is 5.97. The Bertz CT molecular complexity index is 1570. The third-order valence-corrected chi connectivity index (χ3v) is 6.21. The number of H-pyrrole nitrogens is 2. The van der Waals surface area contributed by atoms with Crippen LogP contribution in [0.3, 0.4) is 0 Å². The first-order chi connectivity index (χ1) is 17.9. The summed E-state index contributed by atoms with van der Waals surface area (Å²) in [5, 5.41) is 7.60. The number of nitrogens with two attached hydrogens (primary N) is 1. The first-order valence-corrected chi connectivity index (χ1v) is 12.1. The molecule has 0 amide bonds. The van der Waals surface area contributed by atoms with Crippen LogP contribution in [0.15, 0.2) is 67.1 Å². The molecule has 1 saturated heterocycles. The molecule has 10 nitrogen and oxygen atoms in total. The fraction of sp³-hybridized carbons (Fsp3) is 0.222. The lowest BCUT2D eigenvalue weighted by Gasteiger charge is -2.38. The number of nitrogens with zero attached hydrogens (tertiary/aromatic N) is 7. The number of nitrogens with one attached hydrogen (secondary N) is 2. The number of fused-ring (bicyclic) bond motifs is 1. The van der Waals surface area contributed by atoms with E-state index in [1.165, 1.54) is 0 Å². The summed E-state index contributed by atoms with van der Waals surface area (Å²) in [5.74, 6) is 1.40. The Labute approximate surface area is 215 Å². The molecule has 10 heteroatoms. The topological polar surface area (TPSA) is 130 Å². The van der Waals surface area contributed by atoms with Crippen molar-refractivity contribution in [2.75, 3.05) is 13.1 Å². The zero-order chi connectivity index (χ0) is 26.1. The number of allylic oxidation sites excluding steroid dienone is 3. The molecule has 37 heavy (non-hydrogen) atoms. The Morgan fingerprint density at radius 3 is 2.68 bits per heavy atom. The van der Waals surface area contributed by atoms with Gasteiger partial charge in [0, 0.05) is 31.0 Å². The van der Waals surface area contributed by atoms with Crippen LogP contribution in [0.1, 0.15) is 29.7 Å². The summed E-state index contributed by atoms with van der Waals surface area (Å²) in [6.07, 6.45) is 11.0. The molecule has 4 aromatic heterocycles. The van der Waals surface area contributed by atoms with Gasteiger partial charge in [-0.1, -0.05) is 25.3 Å². The summed E-state index contributed by atoms with van der Waals surface area (Å²) < 4.78 is 1.93. The van der Waals surface area contributed by atoms with E-state index in [2.05, 4.69) is 38.2 Å². The smallest absolute Gasteiger partial charge is 0.161 e. The van der Waals surface area contributed by atoms with Crippen LogP contribution in [-0.2, 0) is 0 Å². The number of pyridine rings is 1. The molecule has 5 rings (SSSR count). The fourth-order valence-corrected chi connectivity index (χ4v) is 4.32. The maximum atomic E-state index is 5.95. The largest absolute Gasteiger partial charge is 0.353 e. The molecule has 1 aliphatic heterocycles. The Morgan fingerprint density at radius 2 is 2.03 bits per heavy atom. The number of aromatic amines is 2. The Hall–Kier alpha value is -4.57. The third kappa shape index (κ3) is 4.54. The molecule has 188 valence electrons. The lowest BCUT2D eigenvalue weighted by Crippen LogP contribution is -2.57.